The molecule has 2 nitrogen and oxygen atoms in total. The molecule has 0 aliphatic rings. The highest BCUT2D eigenvalue weighted by Gasteiger charge is 2.19. The summed E-state index contributed by atoms with van der Waals surface area (Å²) in [6.45, 7) is 6.89. The smallest absolute Gasteiger partial charge is 0.211 e. The molecule has 0 saturated heterocycles. The molecule has 0 spiro atoms. The first-order chi connectivity index (χ1) is 12.1. The number of benzene rings is 1. The Kier molecular flexibility index (Phi) is 11.2. The van der Waals surface area contributed by atoms with Gasteiger partial charge in [-0.2, -0.15) is 4.99 Å². The van der Waals surface area contributed by atoms with Crippen molar-refractivity contribution in [1.29, 1.82) is 0 Å². The van der Waals surface area contributed by atoms with E-state index in [-0.39, 0.29) is 5.41 Å². The first kappa shape index (κ1) is 21.6. The Bertz CT molecular complexity index is 497. The van der Waals surface area contributed by atoms with Crippen LogP contribution in [0.5, 0.6) is 0 Å². The van der Waals surface area contributed by atoms with E-state index in [9.17, 15) is 4.79 Å². The van der Waals surface area contributed by atoms with Gasteiger partial charge in [-0.05, 0) is 29.5 Å². The molecule has 2 heteroatoms. The van der Waals surface area contributed by atoms with Crippen LogP contribution in [-0.4, -0.2) is 6.08 Å². The highest BCUT2D eigenvalue weighted by molar-refractivity contribution is 5.49. The van der Waals surface area contributed by atoms with Gasteiger partial charge in [0.1, 0.15) is 0 Å². The van der Waals surface area contributed by atoms with E-state index in [4.69, 9.17) is 0 Å². The topological polar surface area (TPSA) is 29.4 Å². The Hall–Kier alpha value is -1.40. The molecule has 0 atom stereocenters. The molecule has 1 rings (SSSR count). The maximum atomic E-state index is 10.3. The second kappa shape index (κ2) is 12.9. The van der Waals surface area contributed by atoms with Crippen LogP contribution in [0.4, 0.5) is 5.69 Å². The van der Waals surface area contributed by atoms with E-state index >= 15 is 0 Å². The average molecular weight is 344 g/mol. The summed E-state index contributed by atoms with van der Waals surface area (Å²) in [5, 5.41) is 0. The lowest BCUT2D eigenvalue weighted by Crippen LogP contribution is -2.16. The van der Waals surface area contributed by atoms with Crippen molar-refractivity contribution in [3.63, 3.8) is 0 Å². The highest BCUT2D eigenvalue weighted by atomic mass is 16.1. The van der Waals surface area contributed by atoms with E-state index in [0.717, 1.165) is 0 Å². The summed E-state index contributed by atoms with van der Waals surface area (Å²) in [4.78, 5) is 13.9. The van der Waals surface area contributed by atoms with Crippen molar-refractivity contribution in [3.05, 3.63) is 29.8 Å². The number of unbranched alkanes of at least 4 members (excludes halogenated alkanes) is 10. The van der Waals surface area contributed by atoms with Crippen LogP contribution in [0.25, 0.3) is 0 Å². The maximum Gasteiger partial charge on any atom is 0.240 e. The summed E-state index contributed by atoms with van der Waals surface area (Å²) in [6.07, 6.45) is 18.1. The predicted molar refractivity (Wildman–Crippen MR) is 108 cm³/mol. The van der Waals surface area contributed by atoms with Crippen LogP contribution < -0.4 is 0 Å². The maximum absolute atomic E-state index is 10.3. The predicted octanol–water partition coefficient (Wildman–Crippen LogP) is 7.63. The van der Waals surface area contributed by atoms with Gasteiger partial charge >= 0.3 is 0 Å². The Morgan fingerprint density at radius 2 is 1.28 bits per heavy atom. The van der Waals surface area contributed by atoms with Crippen LogP contribution in [0.1, 0.15) is 103 Å². The first-order valence-electron chi connectivity index (χ1n) is 10.3. The van der Waals surface area contributed by atoms with Crippen molar-refractivity contribution in [2.75, 3.05) is 0 Å². The molecule has 140 valence electrons. The van der Waals surface area contributed by atoms with Crippen molar-refractivity contribution < 1.29 is 4.79 Å². The van der Waals surface area contributed by atoms with Gasteiger partial charge in [0.15, 0.2) is 0 Å². The minimum atomic E-state index is 0.183. The molecule has 0 fully saturated rings. The van der Waals surface area contributed by atoms with Gasteiger partial charge in [0.05, 0.1) is 5.69 Å². The van der Waals surface area contributed by atoms with Crippen molar-refractivity contribution in [2.24, 2.45) is 4.99 Å². The van der Waals surface area contributed by atoms with Gasteiger partial charge in [0.2, 0.25) is 6.08 Å². The second-order valence-electron chi connectivity index (χ2n) is 7.92. The quantitative estimate of drug-likeness (QED) is 0.194. The lowest BCUT2D eigenvalue weighted by molar-refractivity contribution is 0.441. The third-order valence-electron chi connectivity index (χ3n) is 5.23. The molecule has 1 aromatic rings. The number of hydrogen-bond acceptors (Lipinski definition) is 2. The number of rotatable bonds is 14. The summed E-state index contributed by atoms with van der Waals surface area (Å²) >= 11 is 0. The lowest BCUT2D eigenvalue weighted by Gasteiger charge is -2.25. The zero-order chi connectivity index (χ0) is 18.4. The van der Waals surface area contributed by atoms with Crippen LogP contribution >= 0.6 is 0 Å². The molecule has 0 N–H and O–H groups in total. The minimum absolute atomic E-state index is 0.183. The van der Waals surface area contributed by atoms with Gasteiger partial charge in [0.25, 0.3) is 0 Å². The zero-order valence-corrected chi connectivity index (χ0v) is 16.7. The number of hydrogen-bond donors (Lipinski definition) is 0. The fraction of sp³-hybridized carbons (Fsp3) is 0.696. The molecule has 0 bridgehead atoms. The van der Waals surface area contributed by atoms with Crippen molar-refractivity contribution in [3.8, 4) is 0 Å². The third-order valence-corrected chi connectivity index (χ3v) is 5.23. The normalized spacial score (nSPS) is 11.3. The molecule has 0 amide bonds. The Morgan fingerprint density at radius 1 is 0.800 bits per heavy atom. The molecule has 0 saturated carbocycles. The van der Waals surface area contributed by atoms with Gasteiger partial charge < -0.3 is 0 Å². The van der Waals surface area contributed by atoms with E-state index in [0.29, 0.717) is 5.69 Å². The van der Waals surface area contributed by atoms with Crippen LogP contribution in [0.2, 0.25) is 0 Å². The first-order valence-corrected chi connectivity index (χ1v) is 10.3. The third kappa shape index (κ3) is 9.60. The molecule has 0 unspecified atom stereocenters. The highest BCUT2D eigenvalue weighted by Crippen LogP contribution is 2.30. The molecule has 0 aromatic heterocycles. The van der Waals surface area contributed by atoms with Gasteiger partial charge in [0, 0.05) is 0 Å². The number of carbonyl (C=O) groups excluding carboxylic acids is 1. The van der Waals surface area contributed by atoms with E-state index in [1.807, 2.05) is 12.1 Å². The van der Waals surface area contributed by atoms with Crippen molar-refractivity contribution >= 4 is 11.8 Å². The molecular weight excluding hydrogens is 306 g/mol. The van der Waals surface area contributed by atoms with E-state index in [2.05, 4.69) is 37.9 Å². The minimum Gasteiger partial charge on any atom is -0.211 e. The summed E-state index contributed by atoms with van der Waals surface area (Å²) in [5.41, 5.74) is 2.19. The molecule has 0 radical (unpaired) electrons. The fourth-order valence-corrected chi connectivity index (χ4v) is 3.42. The summed E-state index contributed by atoms with van der Waals surface area (Å²) in [7, 11) is 0. The molecule has 0 aliphatic heterocycles. The van der Waals surface area contributed by atoms with Crippen LogP contribution in [0.3, 0.4) is 0 Å². The van der Waals surface area contributed by atoms with E-state index in [1.165, 1.54) is 82.6 Å². The average Bonchev–Trinajstić information content (AvgIpc) is 2.60. The second-order valence-corrected chi connectivity index (χ2v) is 7.92. The summed E-state index contributed by atoms with van der Waals surface area (Å²) in [6, 6.07) is 7.99. The van der Waals surface area contributed by atoms with Gasteiger partial charge in [-0.15, -0.1) is 0 Å². The largest absolute Gasteiger partial charge is 0.240 e. The van der Waals surface area contributed by atoms with Crippen LogP contribution in [0, 0.1) is 0 Å². The number of isocyanates is 1. The summed E-state index contributed by atoms with van der Waals surface area (Å²) < 4.78 is 0. The Balaban J connectivity index is 2.12. The molecular formula is C23H37NO. The van der Waals surface area contributed by atoms with Gasteiger partial charge in [-0.1, -0.05) is 104 Å². The van der Waals surface area contributed by atoms with E-state index in [1.54, 1.807) is 6.08 Å². The van der Waals surface area contributed by atoms with E-state index < -0.39 is 0 Å². The molecule has 0 heterocycles. The lowest BCUT2D eigenvalue weighted by atomic mass is 9.80. The van der Waals surface area contributed by atoms with Gasteiger partial charge in [-0.25, -0.2) is 4.79 Å². The van der Waals surface area contributed by atoms with Crippen molar-refractivity contribution in [2.45, 2.75) is 103 Å². The van der Waals surface area contributed by atoms with Crippen LogP contribution in [-0.2, 0) is 10.2 Å². The molecule has 25 heavy (non-hydrogen) atoms. The molecule has 0 aliphatic carbocycles. The zero-order valence-electron chi connectivity index (χ0n) is 16.7. The summed E-state index contributed by atoms with van der Waals surface area (Å²) in [5.74, 6) is 0. The standard InChI is InChI=1S/C23H37NO/c1-4-5-6-7-8-9-10-11-12-13-14-19-23(2,3)21-15-17-22(18-16-21)24-20-25/h15-18H,4-14,19H2,1-3H3. The van der Waals surface area contributed by atoms with Crippen molar-refractivity contribution in [1.82, 2.24) is 0 Å². The SMILES string of the molecule is CCCCCCCCCCCCCC(C)(C)c1ccc(N=C=O)cc1. The Labute approximate surface area is 155 Å². The Morgan fingerprint density at radius 3 is 1.76 bits per heavy atom. The molecule has 1 aromatic carbocycles. The van der Waals surface area contributed by atoms with Gasteiger partial charge in [-0.3, -0.25) is 0 Å². The number of nitrogens with zero attached hydrogens (tertiary/aromatic N) is 1. The fourth-order valence-electron chi connectivity index (χ4n) is 3.42. The van der Waals surface area contributed by atoms with Crippen LogP contribution in [0.15, 0.2) is 29.3 Å². The monoisotopic (exact) mass is 343 g/mol. The number of aliphatic imine (C=N–C) groups is 1.